The van der Waals surface area contributed by atoms with Crippen LogP contribution in [0.25, 0.3) is 0 Å². The zero-order chi connectivity index (χ0) is 14.5. The molecule has 1 heterocycles. The molecule has 1 fully saturated rings. The second-order valence-corrected chi connectivity index (χ2v) is 6.93. The molecule has 1 aromatic heterocycles. The highest BCUT2D eigenvalue weighted by Gasteiger charge is 2.43. The first-order chi connectivity index (χ1) is 10.4. The maximum Gasteiger partial charge on any atom is 0.0105 e. The molecular weight excluding hydrogens is 274 g/mol. The van der Waals surface area contributed by atoms with Crippen molar-refractivity contribution in [3.63, 3.8) is 0 Å². The van der Waals surface area contributed by atoms with E-state index in [0.717, 1.165) is 18.4 Å². The van der Waals surface area contributed by atoms with E-state index in [2.05, 4.69) is 59.4 Å². The first-order valence-corrected chi connectivity index (χ1v) is 9.12. The summed E-state index contributed by atoms with van der Waals surface area (Å²) in [6.45, 7) is 3.40. The largest absolute Gasteiger partial charge is 0.314 e. The molecule has 21 heavy (non-hydrogen) atoms. The topological polar surface area (TPSA) is 12.0 Å². The minimum absolute atomic E-state index is 0.676. The van der Waals surface area contributed by atoms with Crippen molar-refractivity contribution < 1.29 is 0 Å². The summed E-state index contributed by atoms with van der Waals surface area (Å²) in [6, 6.07) is 14.0. The maximum atomic E-state index is 3.80. The summed E-state index contributed by atoms with van der Waals surface area (Å²) in [5.74, 6) is 1.61. The number of hydrogen-bond acceptors (Lipinski definition) is 2. The third-order valence-electron chi connectivity index (χ3n) is 4.56. The number of aryl methyl sites for hydroxylation is 1. The maximum absolute atomic E-state index is 3.80. The lowest BCUT2D eigenvalue weighted by atomic mass is 10.00. The molecule has 3 unspecified atom stereocenters. The summed E-state index contributed by atoms with van der Waals surface area (Å²) >= 11 is 1.81. The fourth-order valence-corrected chi connectivity index (χ4v) is 4.00. The Bertz CT molecular complexity index is 520. The van der Waals surface area contributed by atoms with Crippen molar-refractivity contribution in [2.75, 3.05) is 6.54 Å². The van der Waals surface area contributed by atoms with E-state index < -0.39 is 0 Å². The molecule has 0 saturated heterocycles. The van der Waals surface area contributed by atoms with E-state index in [1.165, 1.54) is 36.8 Å². The van der Waals surface area contributed by atoms with Crippen molar-refractivity contribution >= 4 is 11.3 Å². The van der Waals surface area contributed by atoms with Gasteiger partial charge in [-0.05, 0) is 72.0 Å². The number of nitrogens with one attached hydrogen (secondary N) is 1. The average Bonchev–Trinajstić information content (AvgIpc) is 3.15. The standard InChI is InChI=1S/C19H25NS/c1-2-11-20-19(9-8-15-10-12-21-14-15)18-13-17(18)16-6-4-3-5-7-16/h3-7,10,12,14,17-20H,2,8-9,11,13H2,1H3. The van der Waals surface area contributed by atoms with Gasteiger partial charge in [-0.15, -0.1) is 0 Å². The van der Waals surface area contributed by atoms with Crippen LogP contribution in [-0.2, 0) is 6.42 Å². The number of rotatable bonds is 8. The van der Waals surface area contributed by atoms with Crippen LogP contribution in [0.3, 0.4) is 0 Å². The third-order valence-corrected chi connectivity index (χ3v) is 5.30. The molecule has 0 spiro atoms. The zero-order valence-electron chi connectivity index (χ0n) is 12.8. The predicted octanol–water partition coefficient (Wildman–Crippen LogP) is 4.85. The summed E-state index contributed by atoms with van der Waals surface area (Å²) in [6.07, 6.45) is 5.06. The van der Waals surface area contributed by atoms with Crippen molar-refractivity contribution in [3.05, 3.63) is 58.3 Å². The lowest BCUT2D eigenvalue weighted by molar-refractivity contribution is 0.429. The molecule has 3 atom stereocenters. The zero-order valence-corrected chi connectivity index (χ0v) is 13.6. The van der Waals surface area contributed by atoms with Gasteiger partial charge >= 0.3 is 0 Å². The molecule has 1 nitrogen and oxygen atoms in total. The SMILES string of the molecule is CCCNC(CCc1ccsc1)C1CC1c1ccccc1. The van der Waals surface area contributed by atoms with Crippen molar-refractivity contribution in [3.8, 4) is 0 Å². The highest BCUT2D eigenvalue weighted by atomic mass is 32.1. The van der Waals surface area contributed by atoms with Gasteiger partial charge < -0.3 is 5.32 Å². The van der Waals surface area contributed by atoms with E-state index >= 15 is 0 Å². The first-order valence-electron chi connectivity index (χ1n) is 8.18. The molecule has 1 aliphatic carbocycles. The second-order valence-electron chi connectivity index (χ2n) is 6.15. The Kier molecular flexibility index (Phi) is 5.10. The van der Waals surface area contributed by atoms with Crippen molar-refractivity contribution in [2.45, 2.75) is 44.6 Å². The molecule has 0 bridgehead atoms. The van der Waals surface area contributed by atoms with Crippen LogP contribution in [0.1, 0.15) is 43.2 Å². The van der Waals surface area contributed by atoms with Crippen molar-refractivity contribution in [1.29, 1.82) is 0 Å². The van der Waals surface area contributed by atoms with E-state index in [0.29, 0.717) is 6.04 Å². The molecule has 1 saturated carbocycles. The normalized spacial score (nSPS) is 22.1. The fraction of sp³-hybridized carbons (Fsp3) is 0.474. The highest BCUT2D eigenvalue weighted by molar-refractivity contribution is 7.07. The van der Waals surface area contributed by atoms with Crippen LogP contribution in [0.4, 0.5) is 0 Å². The van der Waals surface area contributed by atoms with Crippen LogP contribution >= 0.6 is 11.3 Å². The Morgan fingerprint density at radius 3 is 2.81 bits per heavy atom. The van der Waals surface area contributed by atoms with Crippen LogP contribution in [0.5, 0.6) is 0 Å². The summed E-state index contributed by atoms with van der Waals surface area (Å²) in [7, 11) is 0. The molecule has 1 aromatic carbocycles. The number of benzene rings is 1. The smallest absolute Gasteiger partial charge is 0.0105 e. The molecular formula is C19H25NS. The van der Waals surface area contributed by atoms with Gasteiger partial charge in [-0.3, -0.25) is 0 Å². The van der Waals surface area contributed by atoms with Gasteiger partial charge in [0.1, 0.15) is 0 Å². The third kappa shape index (κ3) is 3.96. The average molecular weight is 299 g/mol. The van der Waals surface area contributed by atoms with Gasteiger partial charge in [0.25, 0.3) is 0 Å². The van der Waals surface area contributed by atoms with E-state index in [4.69, 9.17) is 0 Å². The Hall–Kier alpha value is -1.12. The van der Waals surface area contributed by atoms with Gasteiger partial charge in [-0.1, -0.05) is 37.3 Å². The molecule has 0 amide bonds. The van der Waals surface area contributed by atoms with Gasteiger partial charge in [0.2, 0.25) is 0 Å². The Labute approximate surface area is 132 Å². The molecule has 1 aliphatic rings. The lowest BCUT2D eigenvalue weighted by Gasteiger charge is -2.18. The first kappa shape index (κ1) is 14.8. The Balaban J connectivity index is 1.58. The van der Waals surface area contributed by atoms with Crippen LogP contribution < -0.4 is 5.32 Å². The highest BCUT2D eigenvalue weighted by Crippen LogP contribution is 2.50. The van der Waals surface area contributed by atoms with Gasteiger partial charge in [-0.2, -0.15) is 11.3 Å². The Morgan fingerprint density at radius 2 is 2.10 bits per heavy atom. The van der Waals surface area contributed by atoms with Crippen LogP contribution in [0, 0.1) is 5.92 Å². The molecule has 2 aromatic rings. The van der Waals surface area contributed by atoms with Crippen LogP contribution in [0.15, 0.2) is 47.2 Å². The summed E-state index contributed by atoms with van der Waals surface area (Å²) in [5.41, 5.74) is 3.03. The molecule has 112 valence electrons. The Morgan fingerprint density at radius 1 is 1.24 bits per heavy atom. The van der Waals surface area contributed by atoms with Crippen molar-refractivity contribution in [1.82, 2.24) is 5.32 Å². The lowest BCUT2D eigenvalue weighted by Crippen LogP contribution is -2.32. The quantitative estimate of drug-likeness (QED) is 0.734. The second kappa shape index (κ2) is 7.24. The van der Waals surface area contributed by atoms with Gasteiger partial charge in [-0.25, -0.2) is 0 Å². The van der Waals surface area contributed by atoms with E-state index in [-0.39, 0.29) is 0 Å². The van der Waals surface area contributed by atoms with Gasteiger partial charge in [0, 0.05) is 6.04 Å². The summed E-state index contributed by atoms with van der Waals surface area (Å²) in [5, 5.41) is 8.28. The molecule has 0 aliphatic heterocycles. The molecule has 0 radical (unpaired) electrons. The van der Waals surface area contributed by atoms with E-state index in [9.17, 15) is 0 Å². The van der Waals surface area contributed by atoms with Crippen LogP contribution in [0.2, 0.25) is 0 Å². The van der Waals surface area contributed by atoms with E-state index in [1.54, 1.807) is 0 Å². The molecule has 1 N–H and O–H groups in total. The monoisotopic (exact) mass is 299 g/mol. The molecule has 3 rings (SSSR count). The van der Waals surface area contributed by atoms with Crippen molar-refractivity contribution in [2.24, 2.45) is 5.92 Å². The van der Waals surface area contributed by atoms with Gasteiger partial charge in [0.15, 0.2) is 0 Å². The fourth-order valence-electron chi connectivity index (χ4n) is 3.30. The minimum atomic E-state index is 0.676. The number of thiophene rings is 1. The van der Waals surface area contributed by atoms with Crippen LogP contribution in [-0.4, -0.2) is 12.6 Å². The van der Waals surface area contributed by atoms with Gasteiger partial charge in [0.05, 0.1) is 0 Å². The number of hydrogen-bond donors (Lipinski definition) is 1. The summed E-state index contributed by atoms with van der Waals surface area (Å²) in [4.78, 5) is 0. The molecule has 2 heteroatoms. The predicted molar refractivity (Wildman–Crippen MR) is 92.0 cm³/mol. The minimum Gasteiger partial charge on any atom is -0.314 e. The van der Waals surface area contributed by atoms with E-state index in [1.807, 2.05) is 11.3 Å². The summed E-state index contributed by atoms with van der Waals surface area (Å²) < 4.78 is 0.